The highest BCUT2D eigenvalue weighted by Gasteiger charge is 2.72. The van der Waals surface area contributed by atoms with Crippen LogP contribution in [0.4, 0.5) is 5.69 Å². The van der Waals surface area contributed by atoms with Gasteiger partial charge in [0.1, 0.15) is 11.6 Å². The largest absolute Gasteiger partial charge is 0.359 e. The molecule has 39 heavy (non-hydrogen) atoms. The quantitative estimate of drug-likeness (QED) is 0.444. The van der Waals surface area contributed by atoms with Gasteiger partial charge in [0.15, 0.2) is 0 Å². The molecule has 7 nitrogen and oxygen atoms in total. The number of rotatable bonds is 6. The first kappa shape index (κ1) is 26.6. The van der Waals surface area contributed by atoms with Gasteiger partial charge < -0.3 is 20.3 Å². The standard InChI is InChI=1S/C29H28Cl3N3O4/c30-17-12-18(31)14-20(13-17)34-26(36)23-22-10-11-29(39-22)24(23)28(38)35(15-16-6-4-5-9-21(16)32)25(29)27(37)33-19-7-2-1-3-8-19/h4-6,9-14,19,22-25H,1-3,7-8,15H2,(H,33,37)(H,34,36)/t22-,23+,24-,25-,29-/m0/s1. The second-order valence-electron chi connectivity index (χ2n) is 10.7. The third-order valence-electron chi connectivity index (χ3n) is 8.31. The van der Waals surface area contributed by atoms with Crippen LogP contribution in [-0.4, -0.2) is 46.4 Å². The lowest BCUT2D eigenvalue weighted by Gasteiger charge is -2.34. The van der Waals surface area contributed by atoms with Gasteiger partial charge in [-0.15, -0.1) is 0 Å². The Hall–Kier alpha value is -2.58. The summed E-state index contributed by atoms with van der Waals surface area (Å²) in [6, 6.07) is 11.1. The summed E-state index contributed by atoms with van der Waals surface area (Å²) in [6.07, 6.45) is 8.03. The minimum Gasteiger partial charge on any atom is -0.359 e. The van der Waals surface area contributed by atoms with Crippen molar-refractivity contribution in [1.29, 1.82) is 0 Å². The highest BCUT2D eigenvalue weighted by Crippen LogP contribution is 2.55. The van der Waals surface area contributed by atoms with Gasteiger partial charge in [0, 0.05) is 33.3 Å². The van der Waals surface area contributed by atoms with Crippen molar-refractivity contribution in [2.45, 2.75) is 62.4 Å². The summed E-state index contributed by atoms with van der Waals surface area (Å²) in [5.41, 5.74) is -0.119. The van der Waals surface area contributed by atoms with Crippen LogP contribution in [0.3, 0.4) is 0 Å². The molecule has 1 aliphatic carbocycles. The Kier molecular flexibility index (Phi) is 7.12. The highest BCUT2D eigenvalue weighted by molar-refractivity contribution is 6.35. The third-order valence-corrected chi connectivity index (χ3v) is 9.11. The molecule has 5 atom stereocenters. The summed E-state index contributed by atoms with van der Waals surface area (Å²) in [4.78, 5) is 43.2. The number of hydrogen-bond acceptors (Lipinski definition) is 4. The molecule has 3 fully saturated rings. The molecule has 3 aliphatic heterocycles. The van der Waals surface area contributed by atoms with Crippen molar-refractivity contribution in [2.75, 3.05) is 5.32 Å². The fourth-order valence-electron chi connectivity index (χ4n) is 6.63. The van der Waals surface area contributed by atoms with Gasteiger partial charge in [-0.2, -0.15) is 0 Å². The van der Waals surface area contributed by atoms with Crippen molar-refractivity contribution in [3.05, 3.63) is 75.2 Å². The average Bonchev–Trinajstić information content (AvgIpc) is 3.53. The van der Waals surface area contributed by atoms with E-state index >= 15 is 0 Å². The van der Waals surface area contributed by atoms with Crippen molar-refractivity contribution >= 4 is 58.2 Å². The number of benzene rings is 2. The summed E-state index contributed by atoms with van der Waals surface area (Å²) in [5, 5.41) is 7.29. The summed E-state index contributed by atoms with van der Waals surface area (Å²) >= 11 is 18.7. The van der Waals surface area contributed by atoms with Crippen LogP contribution in [0.15, 0.2) is 54.6 Å². The molecule has 1 saturated carbocycles. The lowest BCUT2D eigenvalue weighted by molar-refractivity contribution is -0.142. The number of carbonyl (C=O) groups is 3. The molecule has 2 bridgehead atoms. The fourth-order valence-corrected chi connectivity index (χ4v) is 7.35. The number of nitrogens with one attached hydrogen (secondary N) is 2. The fraction of sp³-hybridized carbons (Fsp3) is 0.414. The Labute approximate surface area is 241 Å². The topological polar surface area (TPSA) is 87.7 Å². The summed E-state index contributed by atoms with van der Waals surface area (Å²) in [5.74, 6) is -2.67. The smallest absolute Gasteiger partial charge is 0.246 e. The van der Waals surface area contributed by atoms with E-state index in [1.807, 2.05) is 18.2 Å². The normalized spacial score (nSPS) is 29.5. The van der Waals surface area contributed by atoms with Crippen LogP contribution in [0.1, 0.15) is 37.7 Å². The van der Waals surface area contributed by atoms with Crippen LogP contribution in [0.25, 0.3) is 0 Å². The Morgan fingerprint density at radius 2 is 1.72 bits per heavy atom. The molecule has 4 aliphatic rings. The molecule has 0 unspecified atom stereocenters. The van der Waals surface area contributed by atoms with E-state index < -0.39 is 35.5 Å². The summed E-state index contributed by atoms with van der Waals surface area (Å²) in [7, 11) is 0. The van der Waals surface area contributed by atoms with Gasteiger partial charge in [0.25, 0.3) is 0 Å². The number of ether oxygens (including phenoxy) is 1. The molecule has 2 aromatic carbocycles. The maximum atomic E-state index is 14.1. The average molecular weight is 589 g/mol. The molecular weight excluding hydrogens is 561 g/mol. The molecule has 3 amide bonds. The second kappa shape index (κ2) is 10.4. The maximum absolute atomic E-state index is 14.1. The van der Waals surface area contributed by atoms with Crippen LogP contribution in [0.5, 0.6) is 0 Å². The van der Waals surface area contributed by atoms with Gasteiger partial charge >= 0.3 is 0 Å². The number of fused-ring (bicyclic) bond motifs is 1. The highest BCUT2D eigenvalue weighted by atomic mass is 35.5. The second-order valence-corrected chi connectivity index (χ2v) is 12.0. The Balaban J connectivity index is 1.34. The Morgan fingerprint density at radius 1 is 1.00 bits per heavy atom. The van der Waals surface area contributed by atoms with Gasteiger partial charge in [0.05, 0.1) is 17.9 Å². The van der Waals surface area contributed by atoms with Gasteiger partial charge in [-0.25, -0.2) is 0 Å². The molecule has 2 N–H and O–H groups in total. The number of halogens is 3. The molecule has 6 rings (SSSR count). The predicted octanol–water partition coefficient (Wildman–Crippen LogP) is 5.39. The van der Waals surface area contributed by atoms with E-state index in [9.17, 15) is 14.4 Å². The number of nitrogens with zero attached hydrogens (tertiary/aromatic N) is 1. The van der Waals surface area contributed by atoms with E-state index in [1.54, 1.807) is 36.4 Å². The van der Waals surface area contributed by atoms with E-state index in [0.29, 0.717) is 26.3 Å². The van der Waals surface area contributed by atoms with Crippen LogP contribution < -0.4 is 10.6 Å². The lowest BCUT2D eigenvalue weighted by atomic mass is 9.74. The SMILES string of the molecule is O=C(Nc1cc(Cl)cc(Cl)c1)[C@@H]1[C@@H]2C=C[C@]3(O2)[C@@H]1C(=O)N(Cc1ccccc1Cl)[C@H]3C(=O)NC1CCCCC1. The van der Waals surface area contributed by atoms with Gasteiger partial charge in [-0.3, -0.25) is 14.4 Å². The van der Waals surface area contributed by atoms with Crippen LogP contribution in [-0.2, 0) is 25.7 Å². The number of likely N-dealkylation sites (tertiary alicyclic amines) is 1. The molecule has 2 aromatic rings. The number of carbonyl (C=O) groups excluding carboxylic acids is 3. The molecule has 3 heterocycles. The lowest BCUT2D eigenvalue weighted by Crippen LogP contribution is -2.56. The first-order valence-corrected chi connectivity index (χ1v) is 14.4. The van der Waals surface area contributed by atoms with E-state index in [1.165, 1.54) is 4.90 Å². The summed E-state index contributed by atoms with van der Waals surface area (Å²) in [6.45, 7) is 0.125. The minimum atomic E-state index is -1.25. The third kappa shape index (κ3) is 4.73. The molecule has 1 spiro atoms. The first-order valence-electron chi connectivity index (χ1n) is 13.3. The van der Waals surface area contributed by atoms with Crippen molar-refractivity contribution in [3.63, 3.8) is 0 Å². The molecule has 2 saturated heterocycles. The predicted molar refractivity (Wildman–Crippen MR) is 150 cm³/mol. The van der Waals surface area contributed by atoms with E-state index in [4.69, 9.17) is 39.5 Å². The Morgan fingerprint density at radius 3 is 2.44 bits per heavy atom. The maximum Gasteiger partial charge on any atom is 0.246 e. The zero-order valence-electron chi connectivity index (χ0n) is 21.0. The van der Waals surface area contributed by atoms with Crippen molar-refractivity contribution in [2.24, 2.45) is 11.8 Å². The van der Waals surface area contributed by atoms with Crippen LogP contribution >= 0.6 is 34.8 Å². The van der Waals surface area contributed by atoms with E-state index in [2.05, 4.69) is 10.6 Å². The van der Waals surface area contributed by atoms with Gasteiger partial charge in [-0.05, 0) is 42.7 Å². The number of amides is 3. The van der Waals surface area contributed by atoms with Crippen molar-refractivity contribution in [1.82, 2.24) is 10.2 Å². The number of hydrogen-bond donors (Lipinski definition) is 2. The van der Waals surface area contributed by atoms with Crippen molar-refractivity contribution in [3.8, 4) is 0 Å². The van der Waals surface area contributed by atoms with Crippen LogP contribution in [0.2, 0.25) is 15.1 Å². The molecule has 204 valence electrons. The summed E-state index contributed by atoms with van der Waals surface area (Å²) < 4.78 is 6.41. The Bertz CT molecular complexity index is 1340. The van der Waals surface area contributed by atoms with Crippen molar-refractivity contribution < 1.29 is 19.1 Å². The molecular formula is C29H28Cl3N3O4. The minimum absolute atomic E-state index is 0.0493. The molecule has 10 heteroatoms. The van der Waals surface area contributed by atoms with E-state index in [0.717, 1.165) is 32.1 Å². The molecule has 0 aromatic heterocycles. The zero-order chi connectivity index (χ0) is 27.3. The molecule has 0 radical (unpaired) electrons. The van der Waals surface area contributed by atoms with E-state index in [-0.39, 0.29) is 24.4 Å². The van der Waals surface area contributed by atoms with Gasteiger partial charge in [-0.1, -0.05) is 84.4 Å². The number of anilines is 1. The van der Waals surface area contributed by atoms with Crippen LogP contribution in [0, 0.1) is 11.8 Å². The first-order chi connectivity index (χ1) is 18.8. The monoisotopic (exact) mass is 587 g/mol. The van der Waals surface area contributed by atoms with Gasteiger partial charge in [0.2, 0.25) is 17.7 Å². The zero-order valence-corrected chi connectivity index (χ0v) is 23.3.